The van der Waals surface area contributed by atoms with E-state index in [1.807, 2.05) is 12.1 Å². The van der Waals surface area contributed by atoms with Crippen LogP contribution in [0.3, 0.4) is 0 Å². The molecular formula is C20H21NO5S. The number of benzene rings is 2. The molecule has 0 bridgehead atoms. The summed E-state index contributed by atoms with van der Waals surface area (Å²) < 4.78 is 27.6. The van der Waals surface area contributed by atoms with Gasteiger partial charge in [0.1, 0.15) is 0 Å². The molecule has 1 saturated carbocycles. The highest BCUT2D eigenvalue weighted by molar-refractivity contribution is 7.85. The number of imide groups is 1. The molecule has 1 aliphatic heterocycles. The molecule has 0 aromatic heterocycles. The molecule has 2 amide bonds. The molecule has 6 nitrogen and oxygen atoms in total. The van der Waals surface area contributed by atoms with E-state index in [0.29, 0.717) is 16.4 Å². The van der Waals surface area contributed by atoms with E-state index in [2.05, 4.69) is 4.28 Å². The van der Waals surface area contributed by atoms with Gasteiger partial charge in [0, 0.05) is 5.39 Å². The Kier molecular flexibility index (Phi) is 4.52. The molecule has 1 aliphatic carbocycles. The van der Waals surface area contributed by atoms with Crippen molar-refractivity contribution in [1.82, 2.24) is 5.06 Å². The van der Waals surface area contributed by atoms with E-state index < -0.39 is 21.9 Å². The van der Waals surface area contributed by atoms with Gasteiger partial charge in [0.15, 0.2) is 0 Å². The van der Waals surface area contributed by atoms with Crippen molar-refractivity contribution in [2.75, 3.05) is 6.26 Å². The van der Waals surface area contributed by atoms with E-state index >= 15 is 0 Å². The zero-order chi connectivity index (χ0) is 19.2. The first-order valence-electron chi connectivity index (χ1n) is 9.18. The molecule has 142 valence electrons. The third-order valence-electron chi connectivity index (χ3n) is 5.40. The van der Waals surface area contributed by atoms with E-state index in [4.69, 9.17) is 0 Å². The number of hydroxylamine groups is 2. The van der Waals surface area contributed by atoms with Crippen LogP contribution in [0.2, 0.25) is 0 Å². The summed E-state index contributed by atoms with van der Waals surface area (Å²) in [6.07, 6.45) is 7.93. The molecule has 2 aliphatic rings. The van der Waals surface area contributed by atoms with Crippen LogP contribution in [0.25, 0.3) is 10.8 Å². The van der Waals surface area contributed by atoms with Crippen molar-refractivity contribution in [3.8, 4) is 0 Å². The number of hydrogen-bond acceptors (Lipinski definition) is 5. The van der Waals surface area contributed by atoms with Gasteiger partial charge in [0.05, 0.1) is 17.4 Å². The van der Waals surface area contributed by atoms with Gasteiger partial charge in [-0.3, -0.25) is 9.59 Å². The molecule has 27 heavy (non-hydrogen) atoms. The van der Waals surface area contributed by atoms with Gasteiger partial charge in [-0.05, 0) is 35.4 Å². The standard InChI is InChI=1S/C20H21NO5S/c1-27(24,25)26-21-19(22)16-9-5-8-15-14(12-13-6-3-2-4-7-13)10-11-17(18(15)16)20(21)23/h5,8-11,13H,2-4,6-7,12H2,1H3. The maximum atomic E-state index is 12.7. The SMILES string of the molecule is CS(=O)(=O)ON1C(=O)c2cccc3c(CC4CCCCC4)ccc(c23)C1=O. The van der Waals surface area contributed by atoms with Crippen LogP contribution >= 0.6 is 0 Å². The van der Waals surface area contributed by atoms with E-state index in [1.54, 1.807) is 18.2 Å². The minimum Gasteiger partial charge on any atom is -0.266 e. The van der Waals surface area contributed by atoms with Crippen LogP contribution in [0.1, 0.15) is 58.4 Å². The van der Waals surface area contributed by atoms with Crippen LogP contribution in [-0.4, -0.2) is 31.6 Å². The Hall–Kier alpha value is -2.25. The molecule has 0 N–H and O–H groups in total. The maximum Gasteiger partial charge on any atom is 0.286 e. The Balaban J connectivity index is 1.79. The summed E-state index contributed by atoms with van der Waals surface area (Å²) in [4.78, 5) is 25.4. The van der Waals surface area contributed by atoms with Gasteiger partial charge >= 0.3 is 0 Å². The Bertz CT molecular complexity index is 1020. The zero-order valence-electron chi connectivity index (χ0n) is 15.1. The van der Waals surface area contributed by atoms with Gasteiger partial charge in [0.2, 0.25) is 0 Å². The highest BCUT2D eigenvalue weighted by Crippen LogP contribution is 2.35. The summed E-state index contributed by atoms with van der Waals surface area (Å²) in [5.41, 5.74) is 1.70. The highest BCUT2D eigenvalue weighted by Gasteiger charge is 2.36. The number of nitrogens with zero attached hydrogens (tertiary/aromatic N) is 1. The lowest BCUT2D eigenvalue weighted by molar-refractivity contribution is -0.0149. The van der Waals surface area contributed by atoms with Crippen molar-refractivity contribution in [2.45, 2.75) is 38.5 Å². The lowest BCUT2D eigenvalue weighted by Crippen LogP contribution is -2.41. The molecule has 7 heteroatoms. The third kappa shape index (κ3) is 3.37. The van der Waals surface area contributed by atoms with Crippen molar-refractivity contribution in [3.63, 3.8) is 0 Å². The first-order chi connectivity index (χ1) is 12.8. The fourth-order valence-electron chi connectivity index (χ4n) is 4.22. The average molecular weight is 387 g/mol. The van der Waals surface area contributed by atoms with Gasteiger partial charge in [-0.1, -0.05) is 50.3 Å². The largest absolute Gasteiger partial charge is 0.286 e. The van der Waals surface area contributed by atoms with Gasteiger partial charge in [-0.2, -0.15) is 8.42 Å². The number of hydrogen-bond donors (Lipinski definition) is 0. The lowest BCUT2D eigenvalue weighted by atomic mass is 9.82. The highest BCUT2D eigenvalue weighted by atomic mass is 32.2. The predicted molar refractivity (Wildman–Crippen MR) is 101 cm³/mol. The Morgan fingerprint density at radius 3 is 2.33 bits per heavy atom. The molecule has 2 aromatic rings. The second-order valence-electron chi connectivity index (χ2n) is 7.39. The topological polar surface area (TPSA) is 80.8 Å². The summed E-state index contributed by atoms with van der Waals surface area (Å²) in [7, 11) is -4.00. The van der Waals surface area contributed by atoms with Crippen molar-refractivity contribution in [3.05, 3.63) is 47.0 Å². The number of amides is 2. The van der Waals surface area contributed by atoms with Crippen LogP contribution in [-0.2, 0) is 20.8 Å². The monoisotopic (exact) mass is 387 g/mol. The molecule has 1 heterocycles. The van der Waals surface area contributed by atoms with Crippen molar-refractivity contribution in [2.24, 2.45) is 5.92 Å². The minimum absolute atomic E-state index is 0.288. The first-order valence-corrected chi connectivity index (χ1v) is 11.0. The van der Waals surface area contributed by atoms with E-state index in [1.165, 1.54) is 32.1 Å². The van der Waals surface area contributed by atoms with Gasteiger partial charge in [-0.25, -0.2) is 0 Å². The number of carbonyl (C=O) groups is 2. The zero-order valence-corrected chi connectivity index (χ0v) is 15.9. The fourth-order valence-corrected chi connectivity index (χ4v) is 4.62. The van der Waals surface area contributed by atoms with Crippen molar-refractivity contribution in [1.29, 1.82) is 0 Å². The smallest absolute Gasteiger partial charge is 0.266 e. The van der Waals surface area contributed by atoms with E-state index in [-0.39, 0.29) is 11.1 Å². The number of rotatable bonds is 4. The molecular weight excluding hydrogens is 366 g/mol. The molecule has 0 unspecified atom stereocenters. The Morgan fingerprint density at radius 2 is 1.67 bits per heavy atom. The van der Waals surface area contributed by atoms with Crippen LogP contribution in [0.15, 0.2) is 30.3 Å². The van der Waals surface area contributed by atoms with Gasteiger partial charge in [0.25, 0.3) is 21.9 Å². The van der Waals surface area contributed by atoms with Crippen LogP contribution in [0, 0.1) is 5.92 Å². The number of carbonyl (C=O) groups excluding carboxylic acids is 2. The lowest BCUT2D eigenvalue weighted by Gasteiger charge is -2.26. The van der Waals surface area contributed by atoms with Crippen LogP contribution in [0.5, 0.6) is 0 Å². The summed E-state index contributed by atoms with van der Waals surface area (Å²) in [5, 5.41) is 1.82. The van der Waals surface area contributed by atoms with Crippen molar-refractivity contribution < 1.29 is 22.3 Å². The van der Waals surface area contributed by atoms with Crippen LogP contribution < -0.4 is 0 Å². The van der Waals surface area contributed by atoms with E-state index in [9.17, 15) is 18.0 Å². The summed E-state index contributed by atoms with van der Waals surface area (Å²) in [5.74, 6) is -0.882. The van der Waals surface area contributed by atoms with Crippen molar-refractivity contribution >= 4 is 32.7 Å². The average Bonchev–Trinajstić information content (AvgIpc) is 2.64. The van der Waals surface area contributed by atoms with E-state index in [0.717, 1.165) is 23.6 Å². The molecule has 1 fully saturated rings. The quantitative estimate of drug-likeness (QED) is 0.751. The third-order valence-corrected chi connectivity index (χ3v) is 5.82. The van der Waals surface area contributed by atoms with Gasteiger partial charge in [-0.15, -0.1) is 9.35 Å². The van der Waals surface area contributed by atoms with Gasteiger partial charge < -0.3 is 0 Å². The Labute approximate surface area is 158 Å². The summed E-state index contributed by atoms with van der Waals surface area (Å²) >= 11 is 0. The molecule has 4 rings (SSSR count). The second kappa shape index (κ2) is 6.73. The minimum atomic E-state index is -4.00. The van der Waals surface area contributed by atoms with Crippen LogP contribution in [0.4, 0.5) is 0 Å². The maximum absolute atomic E-state index is 12.7. The summed E-state index contributed by atoms with van der Waals surface area (Å²) in [6.45, 7) is 0. The Morgan fingerprint density at radius 1 is 1.00 bits per heavy atom. The first kappa shape index (κ1) is 18.1. The molecule has 0 saturated heterocycles. The predicted octanol–water partition coefficient (Wildman–Crippen LogP) is 3.45. The normalized spacial score (nSPS) is 18.3. The second-order valence-corrected chi connectivity index (χ2v) is 8.95. The molecule has 0 atom stereocenters. The molecule has 0 spiro atoms. The molecule has 0 radical (unpaired) electrons. The summed E-state index contributed by atoms with van der Waals surface area (Å²) in [6, 6.07) is 8.88. The molecule has 2 aromatic carbocycles. The fraction of sp³-hybridized carbons (Fsp3) is 0.400.